The minimum absolute atomic E-state index is 0.154. The fourth-order valence-electron chi connectivity index (χ4n) is 2.09. The molecule has 6 nitrogen and oxygen atoms in total. The van der Waals surface area contributed by atoms with E-state index in [2.05, 4.69) is 15.4 Å². The zero-order valence-corrected chi connectivity index (χ0v) is 15.0. The highest BCUT2D eigenvalue weighted by atomic mass is 35.5. The summed E-state index contributed by atoms with van der Waals surface area (Å²) in [5.41, 5.74) is 2.05. The Morgan fingerprint density at radius 3 is 2.35 bits per heavy atom. The largest absolute Gasteiger partial charge is 0.465 e. The van der Waals surface area contributed by atoms with Crippen molar-refractivity contribution >= 4 is 46.8 Å². The highest BCUT2D eigenvalue weighted by Gasteiger charge is 2.10. The maximum atomic E-state index is 12.1. The molecule has 26 heavy (non-hydrogen) atoms. The number of ether oxygens (including phenoxy) is 1. The van der Waals surface area contributed by atoms with Crippen molar-refractivity contribution in [2.75, 3.05) is 17.7 Å². The third-order valence-corrected chi connectivity index (χ3v) is 3.63. The first kappa shape index (κ1) is 19.2. The lowest BCUT2D eigenvalue weighted by Gasteiger charge is -2.07. The molecule has 2 N–H and O–H groups in total. The molecule has 0 atom stereocenters. The molecule has 0 saturated carbocycles. The van der Waals surface area contributed by atoms with Crippen molar-refractivity contribution < 1.29 is 19.1 Å². The summed E-state index contributed by atoms with van der Waals surface area (Å²) in [7, 11) is 1.27. The Balaban J connectivity index is 2.05. The molecule has 0 heterocycles. The fraction of sp³-hybridized carbons (Fsp3) is 0.105. The number of amides is 2. The molecule has 0 saturated heterocycles. The topological polar surface area (TPSA) is 84.5 Å². The Morgan fingerprint density at radius 1 is 1.04 bits per heavy atom. The lowest BCUT2D eigenvalue weighted by molar-refractivity contribution is -0.114. The molecule has 0 aliphatic heterocycles. The molecule has 2 aromatic carbocycles. The van der Waals surface area contributed by atoms with Crippen molar-refractivity contribution in [3.8, 4) is 0 Å². The van der Waals surface area contributed by atoms with Crippen LogP contribution in [0.1, 0.15) is 22.8 Å². The predicted molar refractivity (Wildman–Crippen MR) is 101 cm³/mol. The van der Waals surface area contributed by atoms with E-state index in [1.54, 1.807) is 30.3 Å². The van der Waals surface area contributed by atoms with Gasteiger partial charge in [-0.2, -0.15) is 0 Å². The first-order chi connectivity index (χ1) is 12.4. The number of carbonyl (C=O) groups excluding carboxylic acids is 3. The van der Waals surface area contributed by atoms with Gasteiger partial charge in [0.15, 0.2) is 0 Å². The smallest absolute Gasteiger partial charge is 0.337 e. The molecular weight excluding hydrogens is 356 g/mol. The molecule has 0 aliphatic carbocycles. The molecule has 2 amide bonds. The third kappa shape index (κ3) is 5.46. The molecule has 0 fully saturated rings. The van der Waals surface area contributed by atoms with Crippen LogP contribution in [0.4, 0.5) is 11.4 Å². The van der Waals surface area contributed by atoms with Crippen molar-refractivity contribution in [3.63, 3.8) is 0 Å². The lowest BCUT2D eigenvalue weighted by atomic mass is 10.2. The average Bonchev–Trinajstić information content (AvgIpc) is 2.62. The minimum Gasteiger partial charge on any atom is -0.465 e. The van der Waals surface area contributed by atoms with E-state index in [1.165, 1.54) is 38.3 Å². The summed E-state index contributed by atoms with van der Waals surface area (Å²) in [6.07, 6.45) is 2.96. The summed E-state index contributed by atoms with van der Waals surface area (Å²) in [4.78, 5) is 34.6. The van der Waals surface area contributed by atoms with Crippen LogP contribution in [0.15, 0.2) is 48.5 Å². The summed E-state index contributed by atoms with van der Waals surface area (Å²) >= 11 is 6.04. The van der Waals surface area contributed by atoms with Crippen LogP contribution in [0.5, 0.6) is 0 Å². The summed E-state index contributed by atoms with van der Waals surface area (Å²) in [5, 5.41) is 5.58. The zero-order valence-electron chi connectivity index (χ0n) is 14.2. The van der Waals surface area contributed by atoms with Crippen molar-refractivity contribution in [1.29, 1.82) is 0 Å². The molecule has 2 rings (SSSR count). The maximum absolute atomic E-state index is 12.1. The number of nitrogens with one attached hydrogen (secondary N) is 2. The van der Waals surface area contributed by atoms with Crippen LogP contribution in [0.2, 0.25) is 5.02 Å². The number of carbonyl (C=O) groups is 3. The molecule has 134 valence electrons. The molecular formula is C19H17ClN2O4. The van der Waals surface area contributed by atoms with Crippen LogP contribution in [0.25, 0.3) is 6.08 Å². The predicted octanol–water partition coefficient (Wildman–Crippen LogP) is 3.74. The van der Waals surface area contributed by atoms with Gasteiger partial charge in [0, 0.05) is 18.7 Å². The van der Waals surface area contributed by atoms with Crippen LogP contribution >= 0.6 is 11.6 Å². The quantitative estimate of drug-likeness (QED) is 0.618. The Labute approximate surface area is 155 Å². The normalized spacial score (nSPS) is 10.4. The van der Waals surface area contributed by atoms with Gasteiger partial charge in [0.25, 0.3) is 0 Å². The first-order valence-electron chi connectivity index (χ1n) is 7.63. The second-order valence-corrected chi connectivity index (χ2v) is 5.72. The highest BCUT2D eigenvalue weighted by Crippen LogP contribution is 2.23. The van der Waals surface area contributed by atoms with Gasteiger partial charge in [0.05, 0.1) is 23.4 Å². The summed E-state index contributed by atoms with van der Waals surface area (Å²) < 4.78 is 4.64. The van der Waals surface area contributed by atoms with Crippen molar-refractivity contribution in [1.82, 2.24) is 0 Å². The van der Waals surface area contributed by atoms with E-state index in [9.17, 15) is 14.4 Å². The van der Waals surface area contributed by atoms with Gasteiger partial charge in [-0.3, -0.25) is 9.59 Å². The van der Waals surface area contributed by atoms with E-state index in [1.807, 2.05) is 0 Å². The Kier molecular flexibility index (Phi) is 6.52. The van der Waals surface area contributed by atoms with E-state index in [4.69, 9.17) is 11.6 Å². The monoisotopic (exact) mass is 372 g/mol. The number of benzene rings is 2. The van der Waals surface area contributed by atoms with Crippen LogP contribution in [-0.2, 0) is 14.3 Å². The van der Waals surface area contributed by atoms with E-state index < -0.39 is 11.9 Å². The van der Waals surface area contributed by atoms with Crippen molar-refractivity contribution in [2.24, 2.45) is 0 Å². The summed E-state index contributed by atoms with van der Waals surface area (Å²) in [5.74, 6) is -1.08. The van der Waals surface area contributed by atoms with E-state index in [0.717, 1.165) is 5.56 Å². The Bertz CT molecular complexity index is 860. The van der Waals surface area contributed by atoms with Gasteiger partial charge in [0.2, 0.25) is 11.8 Å². The average molecular weight is 373 g/mol. The molecule has 0 spiro atoms. The van der Waals surface area contributed by atoms with Crippen LogP contribution < -0.4 is 10.6 Å². The van der Waals surface area contributed by atoms with E-state index in [-0.39, 0.29) is 11.5 Å². The first-order valence-corrected chi connectivity index (χ1v) is 8.01. The second-order valence-electron chi connectivity index (χ2n) is 5.31. The van der Waals surface area contributed by atoms with Gasteiger partial charge in [-0.15, -0.1) is 0 Å². The molecule has 0 aromatic heterocycles. The number of anilines is 2. The molecule has 2 aromatic rings. The lowest BCUT2D eigenvalue weighted by Crippen LogP contribution is -2.10. The number of methoxy groups -OCH3 is 1. The van der Waals surface area contributed by atoms with Gasteiger partial charge in [-0.1, -0.05) is 23.7 Å². The second kappa shape index (κ2) is 8.82. The molecule has 7 heteroatoms. The Morgan fingerprint density at radius 2 is 1.73 bits per heavy atom. The molecule has 0 unspecified atom stereocenters. The third-order valence-electron chi connectivity index (χ3n) is 3.30. The number of esters is 1. The number of hydrogen-bond donors (Lipinski definition) is 2. The number of halogens is 1. The van der Waals surface area contributed by atoms with Gasteiger partial charge < -0.3 is 15.4 Å². The number of hydrogen-bond acceptors (Lipinski definition) is 4. The summed E-state index contributed by atoms with van der Waals surface area (Å²) in [6, 6.07) is 11.5. The SMILES string of the molecule is COC(=O)c1ccc(Cl)c(NC(=O)/C=C/c2ccc(NC(C)=O)cc2)c1. The van der Waals surface area contributed by atoms with E-state index >= 15 is 0 Å². The fourth-order valence-corrected chi connectivity index (χ4v) is 2.26. The Hall–Kier alpha value is -3.12. The standard InChI is InChI=1S/C19H17ClN2O4/c1-12(23)21-15-7-3-13(4-8-15)5-10-18(24)22-17-11-14(19(25)26-2)6-9-16(17)20/h3-11H,1-2H3,(H,21,23)(H,22,24)/b10-5+. The van der Waals surface area contributed by atoms with Crippen LogP contribution in [0.3, 0.4) is 0 Å². The van der Waals surface area contributed by atoms with Crippen LogP contribution in [0, 0.1) is 0 Å². The van der Waals surface area contributed by atoms with Crippen molar-refractivity contribution in [3.05, 3.63) is 64.7 Å². The maximum Gasteiger partial charge on any atom is 0.337 e. The van der Waals surface area contributed by atoms with Gasteiger partial charge in [-0.25, -0.2) is 4.79 Å². The van der Waals surface area contributed by atoms with E-state index in [0.29, 0.717) is 16.4 Å². The highest BCUT2D eigenvalue weighted by molar-refractivity contribution is 6.34. The van der Waals surface area contributed by atoms with Crippen molar-refractivity contribution in [2.45, 2.75) is 6.92 Å². The zero-order chi connectivity index (χ0) is 19.1. The summed E-state index contributed by atoms with van der Waals surface area (Å²) in [6.45, 7) is 1.43. The molecule has 0 aliphatic rings. The van der Waals surface area contributed by atoms with Gasteiger partial charge in [-0.05, 0) is 42.0 Å². The number of rotatable bonds is 5. The van der Waals surface area contributed by atoms with Crippen LogP contribution in [-0.4, -0.2) is 24.9 Å². The molecule has 0 radical (unpaired) electrons. The molecule has 0 bridgehead atoms. The van der Waals surface area contributed by atoms with Gasteiger partial charge >= 0.3 is 5.97 Å². The minimum atomic E-state index is -0.521. The van der Waals surface area contributed by atoms with Gasteiger partial charge in [0.1, 0.15) is 0 Å².